The maximum absolute atomic E-state index is 10.7. The van der Waals surface area contributed by atoms with Gasteiger partial charge in [0.2, 0.25) is 11.8 Å². The number of aromatic nitrogens is 2. The zero-order chi connectivity index (χ0) is 18.7. The van der Waals surface area contributed by atoms with Crippen LogP contribution in [0.15, 0.2) is 52.9 Å². The first kappa shape index (κ1) is 17.8. The van der Waals surface area contributed by atoms with Crippen LogP contribution in [0.1, 0.15) is 30.0 Å². The third-order valence-corrected chi connectivity index (χ3v) is 4.47. The highest BCUT2D eigenvalue weighted by Crippen LogP contribution is 2.26. The second-order valence-electron chi connectivity index (χ2n) is 6.27. The predicted molar refractivity (Wildman–Crippen MR) is 97.4 cm³/mol. The number of non-ortho nitro benzene ring substituents is 1. The van der Waals surface area contributed by atoms with Crippen molar-refractivity contribution >= 4 is 5.69 Å². The molecule has 0 saturated heterocycles. The third kappa shape index (κ3) is 3.78. The van der Waals surface area contributed by atoms with Gasteiger partial charge in [0.15, 0.2) is 0 Å². The summed E-state index contributed by atoms with van der Waals surface area (Å²) in [7, 11) is 2.01. The molecule has 0 spiro atoms. The Bertz CT molecular complexity index is 905. The van der Waals surface area contributed by atoms with Gasteiger partial charge in [-0.05, 0) is 44.2 Å². The SMILES string of the molecule is Cc1ccccc1CN(C)[C@@H](C)c1nnc(-c2ccc([N+](=O)[O-])cc2)o1. The fourth-order valence-corrected chi connectivity index (χ4v) is 2.63. The average molecular weight is 352 g/mol. The van der Waals surface area contributed by atoms with E-state index in [0.29, 0.717) is 17.3 Å². The fraction of sp³-hybridized carbons (Fsp3) is 0.263. The maximum atomic E-state index is 10.7. The largest absolute Gasteiger partial charge is 0.419 e. The van der Waals surface area contributed by atoms with Gasteiger partial charge in [0.1, 0.15) is 0 Å². The Kier molecular flexibility index (Phi) is 5.09. The molecule has 7 heteroatoms. The molecule has 0 unspecified atom stereocenters. The minimum absolute atomic E-state index is 0.0276. The molecule has 0 radical (unpaired) electrons. The van der Waals surface area contributed by atoms with E-state index in [-0.39, 0.29) is 11.7 Å². The highest BCUT2D eigenvalue weighted by molar-refractivity contribution is 5.55. The van der Waals surface area contributed by atoms with Crippen LogP contribution in [0.2, 0.25) is 0 Å². The van der Waals surface area contributed by atoms with E-state index < -0.39 is 4.92 Å². The molecule has 0 aliphatic heterocycles. The number of aryl methyl sites for hydroxylation is 1. The van der Waals surface area contributed by atoms with E-state index in [9.17, 15) is 10.1 Å². The van der Waals surface area contributed by atoms with E-state index >= 15 is 0 Å². The van der Waals surface area contributed by atoms with Crippen molar-refractivity contribution in [3.8, 4) is 11.5 Å². The van der Waals surface area contributed by atoms with Crippen molar-refractivity contribution in [2.45, 2.75) is 26.4 Å². The molecule has 7 nitrogen and oxygen atoms in total. The Morgan fingerprint density at radius 1 is 1.15 bits per heavy atom. The maximum Gasteiger partial charge on any atom is 0.269 e. The first-order chi connectivity index (χ1) is 12.5. The van der Waals surface area contributed by atoms with Crippen molar-refractivity contribution in [1.29, 1.82) is 0 Å². The molecular formula is C19H20N4O3. The van der Waals surface area contributed by atoms with Crippen LogP contribution in [-0.2, 0) is 6.54 Å². The molecule has 2 aromatic carbocycles. The monoisotopic (exact) mass is 352 g/mol. The number of hydrogen-bond acceptors (Lipinski definition) is 6. The van der Waals surface area contributed by atoms with Gasteiger partial charge >= 0.3 is 0 Å². The zero-order valence-electron chi connectivity index (χ0n) is 14.9. The molecule has 0 fully saturated rings. The number of hydrogen-bond donors (Lipinski definition) is 0. The highest BCUT2D eigenvalue weighted by Gasteiger charge is 2.20. The van der Waals surface area contributed by atoms with E-state index in [2.05, 4.69) is 34.2 Å². The lowest BCUT2D eigenvalue weighted by molar-refractivity contribution is -0.384. The standard InChI is InChI=1S/C19H20N4O3/c1-13-6-4-5-7-16(13)12-22(3)14(2)18-20-21-19(26-18)15-8-10-17(11-9-15)23(24)25/h4-11,14H,12H2,1-3H3/t14-/m0/s1. The van der Waals surface area contributed by atoms with E-state index in [1.165, 1.54) is 23.3 Å². The van der Waals surface area contributed by atoms with Gasteiger partial charge in [0, 0.05) is 24.2 Å². The molecule has 26 heavy (non-hydrogen) atoms. The lowest BCUT2D eigenvalue weighted by Crippen LogP contribution is -2.22. The lowest BCUT2D eigenvalue weighted by atomic mass is 10.1. The molecule has 134 valence electrons. The minimum Gasteiger partial charge on any atom is -0.419 e. The summed E-state index contributed by atoms with van der Waals surface area (Å²) in [5, 5.41) is 19.0. The van der Waals surface area contributed by atoms with E-state index in [0.717, 1.165) is 6.54 Å². The van der Waals surface area contributed by atoms with Crippen LogP contribution < -0.4 is 0 Å². The number of nitrogens with zero attached hydrogens (tertiary/aromatic N) is 4. The summed E-state index contributed by atoms with van der Waals surface area (Å²) in [4.78, 5) is 12.4. The Morgan fingerprint density at radius 3 is 2.50 bits per heavy atom. The van der Waals surface area contributed by atoms with Crippen molar-refractivity contribution in [2.75, 3.05) is 7.05 Å². The van der Waals surface area contributed by atoms with E-state index in [1.54, 1.807) is 12.1 Å². The van der Waals surface area contributed by atoms with Gasteiger partial charge in [-0.15, -0.1) is 10.2 Å². The van der Waals surface area contributed by atoms with Gasteiger partial charge in [-0.25, -0.2) is 0 Å². The van der Waals surface area contributed by atoms with E-state index in [1.807, 2.05) is 26.1 Å². The number of rotatable bonds is 6. The highest BCUT2D eigenvalue weighted by atomic mass is 16.6. The molecule has 1 atom stereocenters. The molecule has 0 saturated carbocycles. The predicted octanol–water partition coefficient (Wildman–Crippen LogP) is 4.15. The van der Waals surface area contributed by atoms with Gasteiger partial charge in [-0.1, -0.05) is 24.3 Å². The quantitative estimate of drug-likeness (QED) is 0.489. The summed E-state index contributed by atoms with van der Waals surface area (Å²) in [6.45, 7) is 4.86. The summed E-state index contributed by atoms with van der Waals surface area (Å²) < 4.78 is 5.79. The molecule has 3 aromatic rings. The smallest absolute Gasteiger partial charge is 0.269 e. The van der Waals surface area contributed by atoms with Crippen molar-refractivity contribution in [2.24, 2.45) is 0 Å². The van der Waals surface area contributed by atoms with Crippen LogP contribution >= 0.6 is 0 Å². The van der Waals surface area contributed by atoms with E-state index in [4.69, 9.17) is 4.42 Å². The fourth-order valence-electron chi connectivity index (χ4n) is 2.63. The normalized spacial score (nSPS) is 12.3. The van der Waals surface area contributed by atoms with Gasteiger partial charge in [-0.3, -0.25) is 15.0 Å². The first-order valence-corrected chi connectivity index (χ1v) is 8.28. The summed E-state index contributed by atoms with van der Waals surface area (Å²) >= 11 is 0. The molecule has 0 amide bonds. The molecule has 0 aliphatic carbocycles. The second-order valence-corrected chi connectivity index (χ2v) is 6.27. The average Bonchev–Trinajstić information content (AvgIpc) is 3.13. The first-order valence-electron chi connectivity index (χ1n) is 8.28. The summed E-state index contributed by atoms with van der Waals surface area (Å²) in [5.74, 6) is 0.862. The number of nitro benzene ring substituents is 1. The Hall–Kier alpha value is -3.06. The third-order valence-electron chi connectivity index (χ3n) is 4.47. The summed E-state index contributed by atoms with van der Waals surface area (Å²) in [6, 6.07) is 14.3. The van der Waals surface area contributed by atoms with Crippen LogP contribution in [0, 0.1) is 17.0 Å². The van der Waals surface area contributed by atoms with Crippen molar-refractivity contribution in [3.05, 3.63) is 75.7 Å². The molecule has 0 bridgehead atoms. The van der Waals surface area contributed by atoms with Crippen molar-refractivity contribution in [1.82, 2.24) is 15.1 Å². The van der Waals surface area contributed by atoms with Crippen LogP contribution in [0.3, 0.4) is 0 Å². The Balaban J connectivity index is 1.74. The van der Waals surface area contributed by atoms with Crippen LogP contribution in [0.25, 0.3) is 11.5 Å². The molecular weight excluding hydrogens is 332 g/mol. The number of nitro groups is 1. The molecule has 1 aromatic heterocycles. The van der Waals surface area contributed by atoms with Crippen LogP contribution in [0.4, 0.5) is 5.69 Å². The molecule has 3 rings (SSSR count). The van der Waals surface area contributed by atoms with Gasteiger partial charge < -0.3 is 4.42 Å². The van der Waals surface area contributed by atoms with Crippen LogP contribution in [0.5, 0.6) is 0 Å². The molecule has 0 aliphatic rings. The Morgan fingerprint density at radius 2 is 1.85 bits per heavy atom. The van der Waals surface area contributed by atoms with Crippen LogP contribution in [-0.4, -0.2) is 27.1 Å². The molecule has 1 heterocycles. The lowest BCUT2D eigenvalue weighted by Gasteiger charge is -2.22. The molecule has 0 N–H and O–H groups in total. The van der Waals surface area contributed by atoms with Gasteiger partial charge in [0.05, 0.1) is 11.0 Å². The topological polar surface area (TPSA) is 85.3 Å². The van der Waals surface area contributed by atoms with Gasteiger partial charge in [0.25, 0.3) is 5.69 Å². The van der Waals surface area contributed by atoms with Gasteiger partial charge in [-0.2, -0.15) is 0 Å². The second kappa shape index (κ2) is 7.45. The summed E-state index contributed by atoms with van der Waals surface area (Å²) in [5.41, 5.74) is 3.17. The Labute approximate surface area is 151 Å². The minimum atomic E-state index is -0.439. The number of benzene rings is 2. The summed E-state index contributed by atoms with van der Waals surface area (Å²) in [6.07, 6.45) is 0. The van der Waals surface area contributed by atoms with Crippen molar-refractivity contribution < 1.29 is 9.34 Å². The van der Waals surface area contributed by atoms with Crippen molar-refractivity contribution in [3.63, 3.8) is 0 Å². The zero-order valence-corrected chi connectivity index (χ0v) is 14.9.